The second-order valence-corrected chi connectivity index (χ2v) is 7.76. The molecular formula is C22H21N3OS. The third kappa shape index (κ3) is 3.64. The molecule has 0 fully saturated rings. The van der Waals surface area contributed by atoms with E-state index in [1.807, 2.05) is 73.1 Å². The van der Waals surface area contributed by atoms with Gasteiger partial charge in [0.05, 0.1) is 16.3 Å². The minimum absolute atomic E-state index is 0.0290. The summed E-state index contributed by atoms with van der Waals surface area (Å²) in [7, 11) is 0. The van der Waals surface area contributed by atoms with Crippen LogP contribution in [-0.2, 0) is 6.42 Å². The number of hydrogen-bond donors (Lipinski definition) is 1. The van der Waals surface area contributed by atoms with Crippen LogP contribution in [0.25, 0.3) is 15.9 Å². The molecule has 1 atom stereocenters. The van der Waals surface area contributed by atoms with E-state index in [4.69, 9.17) is 0 Å². The smallest absolute Gasteiger partial charge is 0.261 e. The van der Waals surface area contributed by atoms with E-state index in [-0.39, 0.29) is 11.9 Å². The molecule has 0 saturated carbocycles. The molecule has 1 N–H and O–H groups in total. The first-order valence-electron chi connectivity index (χ1n) is 9.01. The first kappa shape index (κ1) is 17.5. The molecule has 2 aromatic heterocycles. The fourth-order valence-electron chi connectivity index (χ4n) is 3.22. The van der Waals surface area contributed by atoms with Gasteiger partial charge in [-0.1, -0.05) is 48.5 Å². The molecule has 4 aromatic rings. The summed E-state index contributed by atoms with van der Waals surface area (Å²) in [4.78, 5) is 14.5. The molecular weight excluding hydrogens is 354 g/mol. The number of thiophene rings is 1. The van der Waals surface area contributed by atoms with Crippen molar-refractivity contribution in [2.45, 2.75) is 26.3 Å². The number of hydrogen-bond acceptors (Lipinski definition) is 3. The maximum absolute atomic E-state index is 12.7. The number of carbonyl (C=O) groups is 1. The summed E-state index contributed by atoms with van der Waals surface area (Å²) in [6.45, 7) is 4.02. The fourth-order valence-corrected chi connectivity index (χ4v) is 4.30. The van der Waals surface area contributed by atoms with Crippen molar-refractivity contribution in [1.82, 2.24) is 15.1 Å². The summed E-state index contributed by atoms with van der Waals surface area (Å²) in [5.74, 6) is -0.0290. The zero-order chi connectivity index (χ0) is 18.8. The molecule has 0 spiro atoms. The zero-order valence-electron chi connectivity index (χ0n) is 15.3. The molecule has 1 amide bonds. The third-order valence-electron chi connectivity index (χ3n) is 4.53. The Hall–Kier alpha value is -2.92. The maximum Gasteiger partial charge on any atom is 0.261 e. The van der Waals surface area contributed by atoms with Crippen molar-refractivity contribution in [2.75, 3.05) is 0 Å². The van der Waals surface area contributed by atoms with E-state index < -0.39 is 0 Å². The summed E-state index contributed by atoms with van der Waals surface area (Å²) in [6, 6.07) is 22.2. The van der Waals surface area contributed by atoms with E-state index in [2.05, 4.69) is 22.5 Å². The highest BCUT2D eigenvalue weighted by Gasteiger charge is 2.18. The number of nitrogens with zero attached hydrogens (tertiary/aromatic N) is 2. The molecule has 0 bridgehead atoms. The topological polar surface area (TPSA) is 46.9 Å². The molecule has 2 aromatic carbocycles. The van der Waals surface area contributed by atoms with Crippen LogP contribution in [0.5, 0.6) is 0 Å². The highest BCUT2D eigenvalue weighted by molar-refractivity contribution is 7.20. The van der Waals surface area contributed by atoms with E-state index in [9.17, 15) is 4.79 Å². The maximum atomic E-state index is 12.7. The number of amides is 1. The Bertz CT molecular complexity index is 1070. The number of fused-ring (bicyclic) bond motifs is 1. The lowest BCUT2D eigenvalue weighted by atomic mass is 10.1. The van der Waals surface area contributed by atoms with Crippen LogP contribution >= 0.6 is 11.3 Å². The summed E-state index contributed by atoms with van der Waals surface area (Å²) in [5, 5.41) is 8.78. The van der Waals surface area contributed by atoms with Crippen LogP contribution in [0.2, 0.25) is 0 Å². The monoisotopic (exact) mass is 375 g/mol. The Kier molecular flexibility index (Phi) is 4.77. The van der Waals surface area contributed by atoms with Crippen molar-refractivity contribution >= 4 is 27.5 Å². The average Bonchev–Trinajstić information content (AvgIpc) is 3.24. The minimum atomic E-state index is -0.0290. The van der Waals surface area contributed by atoms with E-state index >= 15 is 0 Å². The summed E-state index contributed by atoms with van der Waals surface area (Å²) >= 11 is 1.48. The lowest BCUT2D eigenvalue weighted by Gasteiger charge is -2.13. The second kappa shape index (κ2) is 7.37. The first-order chi connectivity index (χ1) is 13.1. The molecule has 4 nitrogen and oxygen atoms in total. The largest absolute Gasteiger partial charge is 0.349 e. The standard InChI is InChI=1S/C22H21N3OS/c1-15(13-17-9-5-3-6-10-17)23-21(26)20-14-19-16(2)24-25(22(19)27-20)18-11-7-4-8-12-18/h3-12,14-15H,13H2,1-2H3,(H,23,26)/t15-/m1/s1. The number of nitrogens with one attached hydrogen (secondary N) is 1. The van der Waals surface area contributed by atoms with Crippen LogP contribution < -0.4 is 5.32 Å². The quantitative estimate of drug-likeness (QED) is 0.547. The van der Waals surface area contributed by atoms with Gasteiger partial charge in [-0.15, -0.1) is 11.3 Å². The molecule has 136 valence electrons. The molecule has 0 aliphatic rings. The molecule has 0 aliphatic carbocycles. The molecule has 27 heavy (non-hydrogen) atoms. The van der Waals surface area contributed by atoms with Crippen molar-refractivity contribution in [1.29, 1.82) is 0 Å². The number of benzene rings is 2. The predicted molar refractivity (Wildman–Crippen MR) is 111 cm³/mol. The van der Waals surface area contributed by atoms with Gasteiger partial charge in [0.25, 0.3) is 5.91 Å². The Morgan fingerprint density at radius 1 is 1.11 bits per heavy atom. The van der Waals surface area contributed by atoms with Gasteiger partial charge in [0.15, 0.2) is 0 Å². The third-order valence-corrected chi connectivity index (χ3v) is 5.64. The van der Waals surface area contributed by atoms with Crippen LogP contribution in [0.3, 0.4) is 0 Å². The van der Waals surface area contributed by atoms with Gasteiger partial charge in [-0.2, -0.15) is 5.10 Å². The van der Waals surface area contributed by atoms with E-state index in [1.165, 1.54) is 16.9 Å². The van der Waals surface area contributed by atoms with Gasteiger partial charge in [0.1, 0.15) is 4.83 Å². The van der Waals surface area contributed by atoms with Gasteiger partial charge in [0.2, 0.25) is 0 Å². The summed E-state index contributed by atoms with van der Waals surface area (Å²) in [6.07, 6.45) is 0.814. The highest BCUT2D eigenvalue weighted by atomic mass is 32.1. The van der Waals surface area contributed by atoms with Gasteiger partial charge in [-0.3, -0.25) is 4.79 Å². The van der Waals surface area contributed by atoms with Gasteiger partial charge in [0, 0.05) is 11.4 Å². The Morgan fingerprint density at radius 3 is 2.48 bits per heavy atom. The summed E-state index contributed by atoms with van der Waals surface area (Å²) < 4.78 is 1.92. The van der Waals surface area contributed by atoms with Crippen LogP contribution in [0, 0.1) is 6.92 Å². The van der Waals surface area contributed by atoms with E-state index in [0.29, 0.717) is 0 Å². The Morgan fingerprint density at radius 2 is 1.78 bits per heavy atom. The van der Waals surface area contributed by atoms with E-state index in [0.717, 1.165) is 32.9 Å². The van der Waals surface area contributed by atoms with Crippen LogP contribution in [-0.4, -0.2) is 21.7 Å². The van der Waals surface area contributed by atoms with Crippen LogP contribution in [0.1, 0.15) is 27.9 Å². The van der Waals surface area contributed by atoms with Gasteiger partial charge in [-0.25, -0.2) is 4.68 Å². The first-order valence-corrected chi connectivity index (χ1v) is 9.83. The number of para-hydroxylation sites is 1. The lowest BCUT2D eigenvalue weighted by Crippen LogP contribution is -2.33. The molecule has 5 heteroatoms. The van der Waals surface area contributed by atoms with Crippen molar-refractivity contribution in [3.63, 3.8) is 0 Å². The predicted octanol–water partition coefficient (Wildman–Crippen LogP) is 4.76. The van der Waals surface area contributed by atoms with Crippen LogP contribution in [0.4, 0.5) is 0 Å². The molecule has 2 heterocycles. The summed E-state index contributed by atoms with van der Waals surface area (Å²) in [5.41, 5.74) is 3.15. The van der Waals surface area contributed by atoms with E-state index in [1.54, 1.807) is 0 Å². The molecule has 0 radical (unpaired) electrons. The van der Waals surface area contributed by atoms with Crippen molar-refractivity contribution in [2.24, 2.45) is 0 Å². The minimum Gasteiger partial charge on any atom is -0.349 e. The van der Waals surface area contributed by atoms with Crippen molar-refractivity contribution < 1.29 is 4.79 Å². The average molecular weight is 375 g/mol. The molecule has 0 aliphatic heterocycles. The zero-order valence-corrected chi connectivity index (χ0v) is 16.2. The molecule has 0 unspecified atom stereocenters. The number of rotatable bonds is 5. The number of carbonyl (C=O) groups excluding carboxylic acids is 1. The lowest BCUT2D eigenvalue weighted by molar-refractivity contribution is 0.0944. The molecule has 0 saturated heterocycles. The number of aromatic nitrogens is 2. The van der Waals surface area contributed by atoms with Gasteiger partial charge < -0.3 is 5.32 Å². The molecule has 4 rings (SSSR count). The highest BCUT2D eigenvalue weighted by Crippen LogP contribution is 2.30. The fraction of sp³-hybridized carbons (Fsp3) is 0.182. The second-order valence-electron chi connectivity index (χ2n) is 6.73. The SMILES string of the molecule is Cc1nn(-c2ccccc2)c2sc(C(=O)N[C@H](C)Cc3ccccc3)cc12. The Labute approximate surface area is 162 Å². The Balaban J connectivity index is 1.56. The van der Waals surface area contributed by atoms with Gasteiger partial charge in [-0.05, 0) is 44.0 Å². The number of aryl methyl sites for hydroxylation is 1. The van der Waals surface area contributed by atoms with Crippen LogP contribution in [0.15, 0.2) is 66.7 Å². The van der Waals surface area contributed by atoms with Crippen molar-refractivity contribution in [3.05, 3.63) is 82.9 Å². The normalized spacial score (nSPS) is 12.2. The van der Waals surface area contributed by atoms with Gasteiger partial charge >= 0.3 is 0 Å². The van der Waals surface area contributed by atoms with Crippen molar-refractivity contribution in [3.8, 4) is 5.69 Å².